The van der Waals surface area contributed by atoms with Crippen LogP contribution in [0.25, 0.3) is 0 Å². The van der Waals surface area contributed by atoms with Crippen LogP contribution in [0.2, 0.25) is 0 Å². The van der Waals surface area contributed by atoms with Gasteiger partial charge in [0.25, 0.3) is 0 Å². The summed E-state index contributed by atoms with van der Waals surface area (Å²) in [6.07, 6.45) is -4.14. The van der Waals surface area contributed by atoms with Crippen molar-refractivity contribution in [3.63, 3.8) is 0 Å². The van der Waals surface area contributed by atoms with E-state index >= 15 is 0 Å². The maximum atomic E-state index is 12.0. The van der Waals surface area contributed by atoms with Crippen LogP contribution in [-0.2, 0) is 0 Å². The number of nitrogens with one attached hydrogen (secondary N) is 1. The molecule has 1 N–H and O–H groups in total. The molecule has 1 aliphatic heterocycles. The molecule has 2 rings (SSSR count). The third-order valence-electron chi connectivity index (χ3n) is 2.25. The van der Waals surface area contributed by atoms with Gasteiger partial charge in [-0.05, 0) is 11.6 Å². The highest BCUT2D eigenvalue weighted by atomic mass is 32.2. The summed E-state index contributed by atoms with van der Waals surface area (Å²) < 4.78 is 36.0. The number of alkyl halides is 3. The van der Waals surface area contributed by atoms with E-state index < -0.39 is 12.7 Å². The third-order valence-corrected chi connectivity index (χ3v) is 3.43. The monoisotopic (exact) mass is 233 g/mol. The highest BCUT2D eigenvalue weighted by molar-refractivity contribution is 7.99. The van der Waals surface area contributed by atoms with Gasteiger partial charge < -0.3 is 5.32 Å². The van der Waals surface area contributed by atoms with Crippen molar-refractivity contribution in [3.8, 4) is 0 Å². The van der Waals surface area contributed by atoms with Crippen molar-refractivity contribution in [2.24, 2.45) is 0 Å². The number of benzene rings is 1. The Morgan fingerprint density at radius 1 is 1.33 bits per heavy atom. The Kier molecular flexibility index (Phi) is 2.93. The molecular weight excluding hydrogens is 223 g/mol. The predicted octanol–water partition coefficient (Wildman–Crippen LogP) is 2.99. The van der Waals surface area contributed by atoms with Gasteiger partial charge in [-0.1, -0.05) is 18.2 Å². The Morgan fingerprint density at radius 3 is 2.80 bits per heavy atom. The summed E-state index contributed by atoms with van der Waals surface area (Å²) in [5.74, 6) is 0.676. The van der Waals surface area contributed by atoms with Crippen LogP contribution in [0.4, 0.5) is 13.2 Å². The van der Waals surface area contributed by atoms with Crippen LogP contribution in [0, 0.1) is 0 Å². The van der Waals surface area contributed by atoms with Gasteiger partial charge >= 0.3 is 6.18 Å². The van der Waals surface area contributed by atoms with Gasteiger partial charge in [0, 0.05) is 16.7 Å². The van der Waals surface area contributed by atoms with Gasteiger partial charge in [-0.3, -0.25) is 0 Å². The normalized spacial score (nSPS) is 20.3. The number of halogens is 3. The Morgan fingerprint density at radius 2 is 2.07 bits per heavy atom. The molecule has 0 saturated heterocycles. The lowest BCUT2D eigenvalue weighted by Crippen LogP contribution is -2.32. The number of thioether (sulfide) groups is 1. The summed E-state index contributed by atoms with van der Waals surface area (Å²) in [7, 11) is 0. The fraction of sp³-hybridized carbons (Fsp3) is 0.400. The van der Waals surface area contributed by atoms with Crippen LogP contribution in [0.3, 0.4) is 0 Å². The molecule has 5 heteroatoms. The van der Waals surface area contributed by atoms with Gasteiger partial charge in [0.2, 0.25) is 0 Å². The first-order chi connectivity index (χ1) is 7.06. The fourth-order valence-corrected chi connectivity index (χ4v) is 2.77. The molecule has 0 amide bonds. The standard InChI is InChI=1S/C10H10F3NS/c11-10(12,13)6-14-8-5-15-9-4-2-1-3-7(8)9/h1-4,8,14H,5-6H2. The van der Waals surface area contributed by atoms with Crippen molar-refractivity contribution < 1.29 is 13.2 Å². The van der Waals surface area contributed by atoms with Crippen molar-refractivity contribution in [1.82, 2.24) is 5.32 Å². The maximum absolute atomic E-state index is 12.0. The largest absolute Gasteiger partial charge is 0.401 e. The zero-order valence-corrected chi connectivity index (χ0v) is 8.66. The number of hydrogen-bond acceptors (Lipinski definition) is 2. The van der Waals surface area contributed by atoms with Crippen molar-refractivity contribution in [3.05, 3.63) is 29.8 Å². The Hall–Kier alpha value is -0.680. The Balaban J connectivity index is 2.02. The molecule has 82 valence electrons. The minimum Gasteiger partial charge on any atom is -0.301 e. The van der Waals surface area contributed by atoms with Crippen molar-refractivity contribution in [1.29, 1.82) is 0 Å². The van der Waals surface area contributed by atoms with Crippen LogP contribution < -0.4 is 5.32 Å². The van der Waals surface area contributed by atoms with Gasteiger partial charge in [-0.25, -0.2) is 0 Å². The molecule has 0 aromatic heterocycles. The van der Waals surface area contributed by atoms with Gasteiger partial charge in [0.15, 0.2) is 0 Å². The molecule has 1 aliphatic rings. The maximum Gasteiger partial charge on any atom is 0.401 e. The topological polar surface area (TPSA) is 12.0 Å². The number of hydrogen-bond donors (Lipinski definition) is 1. The second-order valence-corrected chi connectivity index (χ2v) is 4.46. The van der Waals surface area contributed by atoms with Crippen LogP contribution in [0.5, 0.6) is 0 Å². The van der Waals surface area contributed by atoms with Crippen molar-refractivity contribution in [2.75, 3.05) is 12.3 Å². The highest BCUT2D eigenvalue weighted by Gasteiger charge is 2.30. The third kappa shape index (κ3) is 2.66. The van der Waals surface area contributed by atoms with E-state index in [1.807, 2.05) is 24.3 Å². The number of fused-ring (bicyclic) bond motifs is 1. The summed E-state index contributed by atoms with van der Waals surface area (Å²) in [6.45, 7) is -0.924. The average Bonchev–Trinajstić information content (AvgIpc) is 2.57. The first-order valence-corrected chi connectivity index (χ1v) is 5.57. The van der Waals surface area contributed by atoms with E-state index in [1.54, 1.807) is 11.8 Å². The first-order valence-electron chi connectivity index (χ1n) is 4.58. The molecule has 1 aromatic rings. The Bertz CT molecular complexity index is 351. The molecule has 0 fully saturated rings. The van der Waals surface area contributed by atoms with E-state index in [1.165, 1.54) is 0 Å². The predicted molar refractivity (Wildman–Crippen MR) is 54.0 cm³/mol. The second kappa shape index (κ2) is 4.06. The van der Waals surface area contributed by atoms with E-state index in [4.69, 9.17) is 0 Å². The molecule has 1 aromatic carbocycles. The molecule has 0 bridgehead atoms. The van der Waals surface area contributed by atoms with E-state index in [0.29, 0.717) is 5.75 Å². The summed E-state index contributed by atoms with van der Waals surface area (Å²) >= 11 is 1.60. The Labute approximate surface area is 90.1 Å². The van der Waals surface area contributed by atoms with Crippen molar-refractivity contribution >= 4 is 11.8 Å². The molecule has 1 nitrogen and oxygen atoms in total. The van der Waals surface area contributed by atoms with E-state index in [9.17, 15) is 13.2 Å². The molecule has 0 aliphatic carbocycles. The SMILES string of the molecule is FC(F)(F)CNC1CSc2ccccc21. The molecule has 1 atom stereocenters. The molecule has 0 saturated carbocycles. The van der Waals surface area contributed by atoms with Gasteiger partial charge in [-0.2, -0.15) is 13.2 Å². The first kappa shape index (κ1) is 10.8. The summed E-state index contributed by atoms with van der Waals surface area (Å²) in [4.78, 5) is 1.08. The summed E-state index contributed by atoms with van der Waals surface area (Å²) in [5, 5.41) is 2.53. The lowest BCUT2D eigenvalue weighted by molar-refractivity contribution is -0.126. The quantitative estimate of drug-likeness (QED) is 0.842. The molecular formula is C10H10F3NS. The molecule has 15 heavy (non-hydrogen) atoms. The zero-order valence-electron chi connectivity index (χ0n) is 7.84. The van der Waals surface area contributed by atoms with Crippen LogP contribution >= 0.6 is 11.8 Å². The summed E-state index contributed by atoms with van der Waals surface area (Å²) in [6, 6.07) is 7.40. The van der Waals surface area contributed by atoms with E-state index in [-0.39, 0.29) is 6.04 Å². The van der Waals surface area contributed by atoms with Gasteiger partial charge in [0.05, 0.1) is 6.54 Å². The lowest BCUT2D eigenvalue weighted by Gasteiger charge is -2.14. The highest BCUT2D eigenvalue weighted by Crippen LogP contribution is 2.37. The smallest absolute Gasteiger partial charge is 0.301 e. The van der Waals surface area contributed by atoms with Crippen LogP contribution in [0.1, 0.15) is 11.6 Å². The molecule has 0 radical (unpaired) electrons. The van der Waals surface area contributed by atoms with Crippen LogP contribution in [-0.4, -0.2) is 18.5 Å². The molecule has 0 spiro atoms. The molecule has 1 unspecified atom stereocenters. The second-order valence-electron chi connectivity index (χ2n) is 3.40. The van der Waals surface area contributed by atoms with Gasteiger partial charge in [0.1, 0.15) is 0 Å². The minimum absolute atomic E-state index is 0.173. The number of rotatable bonds is 2. The lowest BCUT2D eigenvalue weighted by atomic mass is 10.1. The minimum atomic E-state index is -4.14. The molecule has 1 heterocycles. The zero-order chi connectivity index (χ0) is 10.9. The van der Waals surface area contributed by atoms with Gasteiger partial charge in [-0.15, -0.1) is 11.8 Å². The van der Waals surface area contributed by atoms with Crippen LogP contribution in [0.15, 0.2) is 29.2 Å². The van der Waals surface area contributed by atoms with E-state index in [0.717, 1.165) is 10.5 Å². The fourth-order valence-electron chi connectivity index (χ4n) is 1.57. The van der Waals surface area contributed by atoms with Crippen molar-refractivity contribution in [2.45, 2.75) is 17.1 Å². The van der Waals surface area contributed by atoms with E-state index in [2.05, 4.69) is 5.32 Å². The average molecular weight is 233 g/mol. The summed E-state index contributed by atoms with van der Waals surface area (Å²) in [5.41, 5.74) is 0.978.